The van der Waals surface area contributed by atoms with Crippen molar-refractivity contribution in [1.82, 2.24) is 10.2 Å². The summed E-state index contributed by atoms with van der Waals surface area (Å²) in [6, 6.07) is 0.636. The quantitative estimate of drug-likeness (QED) is 0.581. The van der Waals surface area contributed by atoms with Crippen LogP contribution in [-0.2, 0) is 19.1 Å². The van der Waals surface area contributed by atoms with E-state index in [2.05, 4.69) is 15.0 Å². The molecule has 0 saturated carbocycles. The molecule has 1 N–H and O–H groups in total. The van der Waals surface area contributed by atoms with Crippen LogP contribution < -0.4 is 5.32 Å². The number of nitrogens with zero attached hydrogens (tertiary/aromatic N) is 1. The first-order chi connectivity index (χ1) is 9.24. The fourth-order valence-electron chi connectivity index (χ4n) is 2.44. The number of rotatable bonds is 4. The van der Waals surface area contributed by atoms with Crippen molar-refractivity contribution < 1.29 is 19.1 Å². The number of carbonyl (C=O) groups excluding carboxylic acids is 2. The highest BCUT2D eigenvalue weighted by Crippen LogP contribution is 2.25. The molecule has 0 radical (unpaired) electrons. The molecule has 110 valence electrons. The van der Waals surface area contributed by atoms with Gasteiger partial charge in [0.1, 0.15) is 6.04 Å². The van der Waals surface area contributed by atoms with Crippen molar-refractivity contribution in [2.75, 3.05) is 33.4 Å². The normalized spacial score (nSPS) is 23.6. The van der Waals surface area contributed by atoms with Gasteiger partial charge < -0.3 is 14.8 Å². The van der Waals surface area contributed by atoms with E-state index in [0.717, 1.165) is 38.9 Å². The molecule has 0 aromatic rings. The summed E-state index contributed by atoms with van der Waals surface area (Å²) in [5.41, 5.74) is 0. The van der Waals surface area contributed by atoms with Crippen LogP contribution >= 0.6 is 0 Å². The highest BCUT2D eigenvalue weighted by molar-refractivity contribution is 5.76. The van der Waals surface area contributed by atoms with Gasteiger partial charge in [0, 0.05) is 12.6 Å². The average Bonchev–Trinajstić information content (AvgIpc) is 2.40. The van der Waals surface area contributed by atoms with Gasteiger partial charge in [0.15, 0.2) is 0 Å². The number of likely N-dealkylation sites (tertiary alicyclic amines) is 1. The van der Waals surface area contributed by atoms with Gasteiger partial charge in [0.05, 0.1) is 13.7 Å². The number of esters is 1. The lowest BCUT2D eigenvalue weighted by atomic mass is 9.95. The topological polar surface area (TPSA) is 67.9 Å². The Morgan fingerprint density at radius 1 is 1.37 bits per heavy atom. The van der Waals surface area contributed by atoms with Crippen LogP contribution in [0.3, 0.4) is 0 Å². The van der Waals surface area contributed by atoms with E-state index in [1.807, 2.05) is 0 Å². The van der Waals surface area contributed by atoms with Crippen LogP contribution in [0.2, 0.25) is 0 Å². The minimum atomic E-state index is -0.0604. The molecule has 0 aromatic heterocycles. The van der Waals surface area contributed by atoms with Crippen LogP contribution in [-0.4, -0.2) is 62.8 Å². The number of ether oxygens (including phenoxy) is 2. The molecule has 6 nitrogen and oxygen atoms in total. The maximum atomic E-state index is 11.4. The third kappa shape index (κ3) is 4.80. The first-order valence-electron chi connectivity index (χ1n) is 6.84. The Morgan fingerprint density at radius 3 is 2.42 bits per heavy atom. The summed E-state index contributed by atoms with van der Waals surface area (Å²) in [6.07, 6.45) is 3.29. The molecule has 0 aliphatic carbocycles. The lowest BCUT2D eigenvalue weighted by molar-refractivity contribution is -0.154. The van der Waals surface area contributed by atoms with E-state index in [0.29, 0.717) is 19.1 Å². The Balaban J connectivity index is 0.000000312. The second-order valence-corrected chi connectivity index (χ2v) is 4.60. The van der Waals surface area contributed by atoms with Gasteiger partial charge in [-0.25, -0.2) is 0 Å². The molecule has 2 heterocycles. The zero-order valence-electron chi connectivity index (χ0n) is 11.8. The van der Waals surface area contributed by atoms with Crippen molar-refractivity contribution in [2.24, 2.45) is 0 Å². The van der Waals surface area contributed by atoms with Gasteiger partial charge in [0.2, 0.25) is 0 Å². The molecule has 0 amide bonds. The maximum absolute atomic E-state index is 11.4. The molecule has 1 atom stereocenters. The first kappa shape index (κ1) is 15.9. The van der Waals surface area contributed by atoms with Crippen LogP contribution in [0.25, 0.3) is 0 Å². The van der Waals surface area contributed by atoms with Crippen molar-refractivity contribution in [2.45, 2.75) is 38.3 Å². The van der Waals surface area contributed by atoms with E-state index < -0.39 is 0 Å². The molecule has 19 heavy (non-hydrogen) atoms. The molecule has 2 fully saturated rings. The second-order valence-electron chi connectivity index (χ2n) is 4.60. The Labute approximate surface area is 114 Å². The number of methoxy groups -OCH3 is 1. The second kappa shape index (κ2) is 8.87. The van der Waals surface area contributed by atoms with E-state index in [9.17, 15) is 9.59 Å². The predicted octanol–water partition coefficient (Wildman–Crippen LogP) is 0.165. The van der Waals surface area contributed by atoms with Gasteiger partial charge in [-0.3, -0.25) is 14.5 Å². The summed E-state index contributed by atoms with van der Waals surface area (Å²) in [6.45, 7) is 5.88. The van der Waals surface area contributed by atoms with Crippen molar-refractivity contribution in [3.05, 3.63) is 0 Å². The van der Waals surface area contributed by atoms with Gasteiger partial charge in [0.25, 0.3) is 6.47 Å². The standard InChI is InChI=1S/C10H18N2O2.C3H6O2/c1-14-10(13)9-4-7-12(9)8-2-5-11-6-3-8;1-2-5-3-4/h8-9,11H,2-7H2,1H3;3H,2H2,1H3. The molecule has 0 bridgehead atoms. The van der Waals surface area contributed by atoms with Crippen molar-refractivity contribution >= 4 is 12.4 Å². The van der Waals surface area contributed by atoms with E-state index in [-0.39, 0.29) is 12.0 Å². The lowest BCUT2D eigenvalue weighted by Crippen LogP contribution is -2.59. The van der Waals surface area contributed by atoms with Crippen molar-refractivity contribution in [1.29, 1.82) is 0 Å². The molecule has 2 saturated heterocycles. The van der Waals surface area contributed by atoms with Crippen LogP contribution in [0.4, 0.5) is 0 Å². The monoisotopic (exact) mass is 272 g/mol. The summed E-state index contributed by atoms with van der Waals surface area (Å²) in [5, 5.41) is 3.33. The smallest absolute Gasteiger partial charge is 0.323 e. The largest absolute Gasteiger partial charge is 0.468 e. The SMILES string of the molecule is CCOC=O.COC(=O)C1CCN1C1CCNCC1. The fourth-order valence-corrected chi connectivity index (χ4v) is 2.44. The maximum Gasteiger partial charge on any atom is 0.323 e. The van der Waals surface area contributed by atoms with Gasteiger partial charge >= 0.3 is 5.97 Å². The molecule has 2 rings (SSSR count). The summed E-state index contributed by atoms with van der Waals surface area (Å²) < 4.78 is 8.93. The highest BCUT2D eigenvalue weighted by Gasteiger charge is 2.39. The minimum absolute atomic E-state index is 0.0445. The summed E-state index contributed by atoms with van der Waals surface area (Å²) >= 11 is 0. The highest BCUT2D eigenvalue weighted by atomic mass is 16.5. The van der Waals surface area contributed by atoms with Crippen molar-refractivity contribution in [3.8, 4) is 0 Å². The van der Waals surface area contributed by atoms with Crippen LogP contribution in [0.1, 0.15) is 26.2 Å². The summed E-state index contributed by atoms with van der Waals surface area (Å²) in [4.78, 5) is 22.8. The zero-order valence-corrected chi connectivity index (χ0v) is 11.8. The molecule has 2 aliphatic rings. The molecule has 6 heteroatoms. The molecular formula is C13H24N2O4. The Hall–Kier alpha value is -1.14. The number of hydrogen-bond donors (Lipinski definition) is 1. The molecule has 2 aliphatic heterocycles. The Morgan fingerprint density at radius 2 is 2.05 bits per heavy atom. The minimum Gasteiger partial charge on any atom is -0.468 e. The molecular weight excluding hydrogens is 248 g/mol. The molecule has 0 aromatic carbocycles. The van der Waals surface area contributed by atoms with Crippen LogP contribution in [0.5, 0.6) is 0 Å². The third-order valence-electron chi connectivity index (χ3n) is 3.55. The van der Waals surface area contributed by atoms with E-state index in [1.165, 1.54) is 7.11 Å². The first-order valence-corrected chi connectivity index (χ1v) is 6.84. The Kier molecular flexibility index (Phi) is 7.43. The van der Waals surface area contributed by atoms with Crippen LogP contribution in [0.15, 0.2) is 0 Å². The zero-order chi connectivity index (χ0) is 14.1. The number of hydrogen-bond acceptors (Lipinski definition) is 6. The summed E-state index contributed by atoms with van der Waals surface area (Å²) in [7, 11) is 1.47. The lowest BCUT2D eigenvalue weighted by Gasteiger charge is -2.45. The van der Waals surface area contributed by atoms with Crippen LogP contribution in [0, 0.1) is 0 Å². The van der Waals surface area contributed by atoms with E-state index >= 15 is 0 Å². The number of piperidine rings is 1. The molecule has 1 unspecified atom stereocenters. The average molecular weight is 272 g/mol. The summed E-state index contributed by atoms with van der Waals surface area (Å²) in [5.74, 6) is -0.0604. The fraction of sp³-hybridized carbons (Fsp3) is 0.846. The predicted molar refractivity (Wildman–Crippen MR) is 70.7 cm³/mol. The number of carbonyl (C=O) groups is 2. The van der Waals surface area contributed by atoms with Gasteiger partial charge in [-0.1, -0.05) is 0 Å². The third-order valence-corrected chi connectivity index (χ3v) is 3.55. The van der Waals surface area contributed by atoms with Gasteiger partial charge in [-0.2, -0.15) is 0 Å². The van der Waals surface area contributed by atoms with Gasteiger partial charge in [-0.05, 0) is 39.3 Å². The number of nitrogens with one attached hydrogen (secondary N) is 1. The van der Waals surface area contributed by atoms with E-state index in [1.54, 1.807) is 6.92 Å². The van der Waals surface area contributed by atoms with Gasteiger partial charge in [-0.15, -0.1) is 0 Å². The molecule has 0 spiro atoms. The van der Waals surface area contributed by atoms with Crippen molar-refractivity contribution in [3.63, 3.8) is 0 Å². The van der Waals surface area contributed by atoms with E-state index in [4.69, 9.17) is 4.74 Å². The Bertz CT molecular complexity index is 280.